The normalized spacial score (nSPS) is 20.7. The van der Waals surface area contributed by atoms with E-state index in [2.05, 4.69) is 5.32 Å². The first-order valence-electron chi connectivity index (χ1n) is 7.21. The van der Waals surface area contributed by atoms with Crippen molar-refractivity contribution in [2.45, 2.75) is 38.6 Å². The fraction of sp³-hybridized carbons (Fsp3) is 0.667. The van der Waals surface area contributed by atoms with Gasteiger partial charge < -0.3 is 14.8 Å². The lowest BCUT2D eigenvalue weighted by Crippen LogP contribution is -2.27. The van der Waals surface area contributed by atoms with Crippen LogP contribution in [0.2, 0.25) is 0 Å². The van der Waals surface area contributed by atoms with E-state index >= 15 is 0 Å². The Hall–Kier alpha value is -1.29. The van der Waals surface area contributed by atoms with Gasteiger partial charge in [-0.2, -0.15) is 0 Å². The number of rotatable bonds is 7. The zero-order chi connectivity index (χ0) is 13.4. The van der Waals surface area contributed by atoms with Crippen molar-refractivity contribution in [1.82, 2.24) is 5.32 Å². The first-order chi connectivity index (χ1) is 9.15. The Kier molecular flexibility index (Phi) is 3.35. The third kappa shape index (κ3) is 3.00. The van der Waals surface area contributed by atoms with Gasteiger partial charge in [-0.3, -0.25) is 0 Å². The average molecular weight is 263 g/mol. The lowest BCUT2D eigenvalue weighted by Gasteiger charge is -2.19. The van der Waals surface area contributed by atoms with Gasteiger partial charge in [-0.05, 0) is 69.0 Å². The molecule has 1 heterocycles. The minimum absolute atomic E-state index is 0.0181. The fourth-order valence-corrected chi connectivity index (χ4v) is 2.88. The van der Waals surface area contributed by atoms with Crippen LogP contribution in [0, 0.1) is 17.8 Å². The summed E-state index contributed by atoms with van der Waals surface area (Å²) in [6, 6.07) is 3.35. The third-order valence-corrected chi connectivity index (χ3v) is 4.38. The highest BCUT2D eigenvalue weighted by Crippen LogP contribution is 2.48. The van der Waals surface area contributed by atoms with Crippen molar-refractivity contribution in [3.05, 3.63) is 23.7 Å². The maximum Gasteiger partial charge on any atom is 0.371 e. The molecule has 2 aliphatic carbocycles. The van der Waals surface area contributed by atoms with Crippen LogP contribution in [-0.4, -0.2) is 17.6 Å². The average Bonchev–Trinajstić information content (AvgIpc) is 3.30. The van der Waals surface area contributed by atoms with Gasteiger partial charge in [0.1, 0.15) is 5.76 Å². The van der Waals surface area contributed by atoms with E-state index < -0.39 is 5.97 Å². The van der Waals surface area contributed by atoms with Gasteiger partial charge >= 0.3 is 5.97 Å². The number of carboxylic acids is 1. The predicted molar refractivity (Wildman–Crippen MR) is 71.0 cm³/mol. The molecule has 0 aromatic carbocycles. The molecule has 4 heteroatoms. The fourth-order valence-electron chi connectivity index (χ4n) is 2.88. The van der Waals surface area contributed by atoms with E-state index in [4.69, 9.17) is 9.52 Å². The number of carbonyl (C=O) groups is 1. The Balaban J connectivity index is 1.54. The number of aromatic carboxylic acids is 1. The zero-order valence-corrected chi connectivity index (χ0v) is 11.3. The molecule has 1 aromatic rings. The summed E-state index contributed by atoms with van der Waals surface area (Å²) in [4.78, 5) is 10.8. The molecule has 104 valence electrons. The molecular formula is C15H21NO3. The van der Waals surface area contributed by atoms with Gasteiger partial charge in [0.25, 0.3) is 0 Å². The van der Waals surface area contributed by atoms with Crippen LogP contribution < -0.4 is 5.32 Å². The molecule has 2 saturated carbocycles. The van der Waals surface area contributed by atoms with Gasteiger partial charge in [-0.25, -0.2) is 4.79 Å². The van der Waals surface area contributed by atoms with Crippen LogP contribution in [0.15, 0.2) is 16.5 Å². The number of hydrogen-bond acceptors (Lipinski definition) is 3. The smallest absolute Gasteiger partial charge is 0.371 e. The highest BCUT2D eigenvalue weighted by molar-refractivity contribution is 5.84. The Morgan fingerprint density at radius 1 is 1.37 bits per heavy atom. The SMILES string of the molecule is CC(NCC(C1CC1)C1CC1)c1ccc(C(=O)O)o1. The second-order valence-corrected chi connectivity index (χ2v) is 5.98. The van der Waals surface area contributed by atoms with Gasteiger partial charge in [0.05, 0.1) is 6.04 Å². The van der Waals surface area contributed by atoms with Crippen molar-refractivity contribution in [3.8, 4) is 0 Å². The number of carboxylic acid groups (broad SMARTS) is 1. The molecule has 0 bridgehead atoms. The molecule has 1 atom stereocenters. The van der Waals surface area contributed by atoms with Crippen LogP contribution in [0.3, 0.4) is 0 Å². The molecule has 3 rings (SSSR count). The summed E-state index contributed by atoms with van der Waals surface area (Å²) in [5, 5.41) is 12.4. The summed E-state index contributed by atoms with van der Waals surface area (Å²) >= 11 is 0. The minimum atomic E-state index is -1.01. The van der Waals surface area contributed by atoms with E-state index in [9.17, 15) is 4.79 Å². The van der Waals surface area contributed by atoms with Crippen LogP contribution >= 0.6 is 0 Å². The van der Waals surface area contributed by atoms with Crippen molar-refractivity contribution < 1.29 is 14.3 Å². The molecule has 0 aliphatic heterocycles. The van der Waals surface area contributed by atoms with Gasteiger partial charge in [0.15, 0.2) is 0 Å². The zero-order valence-electron chi connectivity index (χ0n) is 11.3. The maximum absolute atomic E-state index is 10.8. The van der Waals surface area contributed by atoms with E-state index in [0.29, 0.717) is 5.76 Å². The van der Waals surface area contributed by atoms with E-state index in [-0.39, 0.29) is 11.8 Å². The van der Waals surface area contributed by atoms with Gasteiger partial charge in [0, 0.05) is 0 Å². The van der Waals surface area contributed by atoms with E-state index in [1.807, 2.05) is 6.92 Å². The molecule has 1 aromatic heterocycles. The molecule has 2 aliphatic rings. The molecule has 4 nitrogen and oxygen atoms in total. The molecule has 0 saturated heterocycles. The van der Waals surface area contributed by atoms with E-state index in [0.717, 1.165) is 24.3 Å². The van der Waals surface area contributed by atoms with Crippen molar-refractivity contribution in [2.24, 2.45) is 17.8 Å². The van der Waals surface area contributed by atoms with Crippen LogP contribution in [0.5, 0.6) is 0 Å². The summed E-state index contributed by atoms with van der Waals surface area (Å²) in [7, 11) is 0. The van der Waals surface area contributed by atoms with Crippen molar-refractivity contribution in [1.29, 1.82) is 0 Å². The Labute approximate surface area is 113 Å². The molecule has 19 heavy (non-hydrogen) atoms. The second-order valence-electron chi connectivity index (χ2n) is 5.98. The summed E-state index contributed by atoms with van der Waals surface area (Å²) in [6.07, 6.45) is 5.56. The quantitative estimate of drug-likeness (QED) is 0.793. The number of furan rings is 1. The van der Waals surface area contributed by atoms with Crippen molar-refractivity contribution >= 4 is 5.97 Å². The van der Waals surface area contributed by atoms with Crippen LogP contribution in [0.4, 0.5) is 0 Å². The lowest BCUT2D eigenvalue weighted by atomic mass is 9.97. The maximum atomic E-state index is 10.8. The number of nitrogens with one attached hydrogen (secondary N) is 1. The third-order valence-electron chi connectivity index (χ3n) is 4.38. The second kappa shape index (κ2) is 5.00. The molecular weight excluding hydrogens is 242 g/mol. The van der Waals surface area contributed by atoms with Crippen LogP contribution in [0.25, 0.3) is 0 Å². The van der Waals surface area contributed by atoms with Gasteiger partial charge in [-0.15, -0.1) is 0 Å². The van der Waals surface area contributed by atoms with Crippen molar-refractivity contribution in [2.75, 3.05) is 6.54 Å². The standard InChI is InChI=1S/C15H21NO3/c1-9(13-6-7-14(19-13)15(17)18)16-8-12(10-2-3-10)11-4-5-11/h6-7,9-12,16H,2-5,8H2,1H3,(H,17,18). The topological polar surface area (TPSA) is 62.5 Å². The molecule has 0 amide bonds. The van der Waals surface area contributed by atoms with Gasteiger partial charge in [-0.1, -0.05) is 0 Å². The summed E-state index contributed by atoms with van der Waals surface area (Å²) in [6.45, 7) is 3.06. The Morgan fingerprint density at radius 2 is 2.00 bits per heavy atom. The molecule has 0 radical (unpaired) electrons. The van der Waals surface area contributed by atoms with Crippen molar-refractivity contribution in [3.63, 3.8) is 0 Å². The molecule has 0 spiro atoms. The largest absolute Gasteiger partial charge is 0.475 e. The highest BCUT2D eigenvalue weighted by atomic mass is 16.4. The van der Waals surface area contributed by atoms with E-state index in [1.165, 1.54) is 31.7 Å². The molecule has 2 fully saturated rings. The Morgan fingerprint density at radius 3 is 2.47 bits per heavy atom. The minimum Gasteiger partial charge on any atom is -0.475 e. The predicted octanol–water partition coefficient (Wildman–Crippen LogP) is 3.06. The first-order valence-corrected chi connectivity index (χ1v) is 7.21. The summed E-state index contributed by atoms with van der Waals surface area (Å²) in [5.41, 5.74) is 0. The monoisotopic (exact) mass is 263 g/mol. The van der Waals surface area contributed by atoms with Crippen LogP contribution in [0.1, 0.15) is 55.0 Å². The first kappa shape index (κ1) is 12.7. The van der Waals surface area contributed by atoms with Gasteiger partial charge in [0.2, 0.25) is 5.76 Å². The molecule has 1 unspecified atom stereocenters. The van der Waals surface area contributed by atoms with E-state index in [1.54, 1.807) is 6.07 Å². The summed E-state index contributed by atoms with van der Waals surface area (Å²) < 4.78 is 5.33. The summed E-state index contributed by atoms with van der Waals surface area (Å²) in [5.74, 6) is 2.40. The van der Waals surface area contributed by atoms with Crippen LogP contribution in [-0.2, 0) is 0 Å². The Bertz CT molecular complexity index is 448. The highest BCUT2D eigenvalue weighted by Gasteiger charge is 2.41. The lowest BCUT2D eigenvalue weighted by molar-refractivity contribution is 0.0659. The molecule has 2 N–H and O–H groups in total. The number of hydrogen-bond donors (Lipinski definition) is 2.